The molecule has 2 fully saturated rings. The largest absolute Gasteiger partial charge is 0.468 e. The van der Waals surface area contributed by atoms with E-state index < -0.39 is 0 Å². The maximum absolute atomic E-state index is 5.92. The second-order valence-corrected chi connectivity index (χ2v) is 5.05. The van der Waals surface area contributed by atoms with E-state index in [1.807, 2.05) is 12.1 Å². The van der Waals surface area contributed by atoms with Crippen LogP contribution in [-0.4, -0.2) is 43.3 Å². The van der Waals surface area contributed by atoms with Crippen molar-refractivity contribution in [1.29, 1.82) is 0 Å². The van der Waals surface area contributed by atoms with Gasteiger partial charge in [-0.25, -0.2) is 0 Å². The first-order valence-electron chi connectivity index (χ1n) is 6.42. The van der Waals surface area contributed by atoms with Gasteiger partial charge in [0.25, 0.3) is 0 Å². The first-order chi connectivity index (χ1) is 8.34. The number of fused-ring (bicyclic) bond motifs is 1. The Bertz CT molecular complexity index is 362. The Morgan fingerprint density at radius 1 is 1.42 bits per heavy atom. The molecule has 110 valence electrons. The van der Waals surface area contributed by atoms with E-state index in [4.69, 9.17) is 9.15 Å². The summed E-state index contributed by atoms with van der Waals surface area (Å²) in [5, 5.41) is 3.57. The van der Waals surface area contributed by atoms with E-state index in [2.05, 4.69) is 17.3 Å². The fourth-order valence-corrected chi connectivity index (χ4v) is 2.96. The van der Waals surface area contributed by atoms with Crippen LogP contribution in [0.25, 0.3) is 0 Å². The van der Waals surface area contributed by atoms with Crippen LogP contribution in [0.3, 0.4) is 0 Å². The zero-order valence-corrected chi connectivity index (χ0v) is 12.7. The summed E-state index contributed by atoms with van der Waals surface area (Å²) in [7, 11) is 2.15. The first-order valence-corrected chi connectivity index (χ1v) is 6.42. The lowest BCUT2D eigenvalue weighted by Gasteiger charge is -2.33. The number of likely N-dealkylation sites (N-methyl/N-ethyl adjacent to an activating group) is 1. The van der Waals surface area contributed by atoms with Crippen LogP contribution in [0.1, 0.15) is 18.6 Å². The summed E-state index contributed by atoms with van der Waals surface area (Å²) in [5.41, 5.74) is 0. The van der Waals surface area contributed by atoms with Crippen molar-refractivity contribution in [3.05, 3.63) is 24.2 Å². The van der Waals surface area contributed by atoms with E-state index in [0.29, 0.717) is 18.2 Å². The molecule has 2 aliphatic rings. The molecule has 1 N–H and O–H groups in total. The van der Waals surface area contributed by atoms with Crippen LogP contribution >= 0.6 is 24.8 Å². The third-order valence-electron chi connectivity index (χ3n) is 3.89. The summed E-state index contributed by atoms with van der Waals surface area (Å²) in [4.78, 5) is 2.34. The van der Waals surface area contributed by atoms with Gasteiger partial charge in [-0.2, -0.15) is 0 Å². The number of hydrogen-bond donors (Lipinski definition) is 1. The fourth-order valence-electron chi connectivity index (χ4n) is 2.96. The molecule has 2 aliphatic heterocycles. The van der Waals surface area contributed by atoms with Crippen LogP contribution in [0.4, 0.5) is 0 Å². The van der Waals surface area contributed by atoms with Gasteiger partial charge in [0, 0.05) is 25.2 Å². The number of nitrogens with zero attached hydrogens (tertiary/aromatic N) is 1. The second-order valence-electron chi connectivity index (χ2n) is 5.05. The van der Waals surface area contributed by atoms with Crippen molar-refractivity contribution in [3.8, 4) is 0 Å². The Morgan fingerprint density at radius 3 is 3.00 bits per heavy atom. The fraction of sp³-hybridized carbons (Fsp3) is 0.692. The lowest BCUT2D eigenvalue weighted by molar-refractivity contribution is -0.0274. The van der Waals surface area contributed by atoms with E-state index in [0.717, 1.165) is 25.5 Å². The molecule has 0 unspecified atom stereocenters. The maximum Gasteiger partial charge on any atom is 0.117 e. The minimum Gasteiger partial charge on any atom is -0.468 e. The summed E-state index contributed by atoms with van der Waals surface area (Å²) >= 11 is 0. The van der Waals surface area contributed by atoms with Crippen molar-refractivity contribution in [2.24, 2.45) is 0 Å². The van der Waals surface area contributed by atoms with Crippen molar-refractivity contribution >= 4 is 24.8 Å². The minimum atomic E-state index is 0. The van der Waals surface area contributed by atoms with Gasteiger partial charge in [-0.1, -0.05) is 0 Å². The van der Waals surface area contributed by atoms with Gasteiger partial charge >= 0.3 is 0 Å². The minimum absolute atomic E-state index is 0. The Labute approximate surface area is 126 Å². The summed E-state index contributed by atoms with van der Waals surface area (Å²) in [6.45, 7) is 2.78. The van der Waals surface area contributed by atoms with Gasteiger partial charge in [-0.3, -0.25) is 4.90 Å². The van der Waals surface area contributed by atoms with Gasteiger partial charge in [-0.05, 0) is 32.0 Å². The highest BCUT2D eigenvalue weighted by Crippen LogP contribution is 2.25. The summed E-state index contributed by atoms with van der Waals surface area (Å²) in [6.07, 6.45) is 4.51. The van der Waals surface area contributed by atoms with Gasteiger partial charge in [-0.15, -0.1) is 24.8 Å². The smallest absolute Gasteiger partial charge is 0.117 e. The maximum atomic E-state index is 5.92. The zero-order valence-electron chi connectivity index (χ0n) is 11.1. The number of furan rings is 1. The number of halogens is 2. The summed E-state index contributed by atoms with van der Waals surface area (Å²) in [6, 6.07) is 4.98. The molecule has 0 amide bonds. The monoisotopic (exact) mass is 308 g/mol. The van der Waals surface area contributed by atoms with Gasteiger partial charge in [0.2, 0.25) is 0 Å². The van der Waals surface area contributed by atoms with E-state index in [1.54, 1.807) is 6.26 Å². The Morgan fingerprint density at radius 2 is 2.26 bits per heavy atom. The van der Waals surface area contributed by atoms with Crippen LogP contribution in [-0.2, 0) is 11.3 Å². The molecule has 1 aromatic rings. The van der Waals surface area contributed by atoms with Crippen LogP contribution < -0.4 is 5.32 Å². The molecule has 0 aromatic carbocycles. The number of rotatable bonds is 3. The zero-order chi connectivity index (χ0) is 11.7. The summed E-state index contributed by atoms with van der Waals surface area (Å²) < 4.78 is 11.3. The normalized spacial score (nSPS) is 29.5. The molecule has 3 heterocycles. The standard InChI is InChI=1S/C13H20N2O2.2ClH/c1-15(9-10-4-2-6-16-10)12-8-14-11-5-3-7-17-13(11)12;;/h2,4,6,11-14H,3,5,7-9H2,1H3;2*1H/t11-,12-,13+;;/m1../s1. The number of ether oxygens (including phenoxy) is 1. The van der Waals surface area contributed by atoms with Crippen molar-refractivity contribution in [3.63, 3.8) is 0 Å². The third kappa shape index (κ3) is 3.64. The topological polar surface area (TPSA) is 37.6 Å². The first kappa shape index (κ1) is 16.8. The molecule has 2 saturated heterocycles. The molecule has 0 radical (unpaired) electrons. The van der Waals surface area contributed by atoms with Gasteiger partial charge in [0.1, 0.15) is 5.76 Å². The molecule has 1 aromatic heterocycles. The molecule has 6 heteroatoms. The average molecular weight is 309 g/mol. The average Bonchev–Trinajstić information content (AvgIpc) is 2.96. The molecule has 0 aliphatic carbocycles. The molecular formula is C13H22Cl2N2O2. The van der Waals surface area contributed by atoms with E-state index >= 15 is 0 Å². The third-order valence-corrected chi connectivity index (χ3v) is 3.89. The Hall–Kier alpha value is -0.260. The van der Waals surface area contributed by atoms with Gasteiger partial charge < -0.3 is 14.5 Å². The molecular weight excluding hydrogens is 287 g/mol. The second kappa shape index (κ2) is 7.50. The van der Waals surface area contributed by atoms with Crippen LogP contribution in [0, 0.1) is 0 Å². The molecule has 4 nitrogen and oxygen atoms in total. The molecule has 3 rings (SSSR count). The molecule has 3 atom stereocenters. The number of nitrogens with one attached hydrogen (secondary N) is 1. The highest BCUT2D eigenvalue weighted by Gasteiger charge is 2.40. The van der Waals surface area contributed by atoms with Crippen LogP contribution in [0.5, 0.6) is 0 Å². The highest BCUT2D eigenvalue weighted by atomic mass is 35.5. The Balaban J connectivity index is 0.000000902. The molecule has 0 spiro atoms. The predicted octanol–water partition coefficient (Wildman–Crippen LogP) is 2.07. The molecule has 19 heavy (non-hydrogen) atoms. The van der Waals surface area contributed by atoms with E-state index in [9.17, 15) is 0 Å². The van der Waals surface area contributed by atoms with Crippen LogP contribution in [0.15, 0.2) is 22.8 Å². The van der Waals surface area contributed by atoms with E-state index in [1.165, 1.54) is 12.8 Å². The molecule has 0 saturated carbocycles. The lowest BCUT2D eigenvalue weighted by atomic mass is 10.0. The van der Waals surface area contributed by atoms with Gasteiger partial charge in [0.05, 0.1) is 18.9 Å². The van der Waals surface area contributed by atoms with Crippen molar-refractivity contribution in [1.82, 2.24) is 10.2 Å². The SMILES string of the molecule is CN(Cc1ccco1)[C@@H]1CN[C@@H]2CCCO[C@H]12.Cl.Cl. The van der Waals surface area contributed by atoms with Crippen molar-refractivity contribution < 1.29 is 9.15 Å². The van der Waals surface area contributed by atoms with E-state index in [-0.39, 0.29) is 24.8 Å². The number of hydrogen-bond acceptors (Lipinski definition) is 4. The predicted molar refractivity (Wildman–Crippen MR) is 79.2 cm³/mol. The van der Waals surface area contributed by atoms with Crippen LogP contribution in [0.2, 0.25) is 0 Å². The highest BCUT2D eigenvalue weighted by molar-refractivity contribution is 5.85. The lowest BCUT2D eigenvalue weighted by Crippen LogP contribution is -2.45. The Kier molecular flexibility index (Phi) is 6.63. The summed E-state index contributed by atoms with van der Waals surface area (Å²) in [5.74, 6) is 1.02. The molecule has 0 bridgehead atoms. The van der Waals surface area contributed by atoms with Crippen molar-refractivity contribution in [2.75, 3.05) is 20.2 Å². The van der Waals surface area contributed by atoms with Gasteiger partial charge in [0.15, 0.2) is 0 Å². The van der Waals surface area contributed by atoms with Crippen molar-refractivity contribution in [2.45, 2.75) is 37.6 Å². The quantitative estimate of drug-likeness (QED) is 0.927.